The number of aromatic nitrogens is 3. The topological polar surface area (TPSA) is 103 Å². The van der Waals surface area contributed by atoms with Gasteiger partial charge in [-0.05, 0) is 11.1 Å². The summed E-state index contributed by atoms with van der Waals surface area (Å²) >= 11 is 0. The van der Waals surface area contributed by atoms with E-state index < -0.39 is 10.0 Å². The molecule has 3 N–H and O–H groups in total. The first-order valence-electron chi connectivity index (χ1n) is 6.08. The van der Waals surface area contributed by atoms with E-state index >= 15 is 0 Å². The van der Waals surface area contributed by atoms with Crippen LogP contribution in [0.3, 0.4) is 0 Å². The van der Waals surface area contributed by atoms with E-state index in [2.05, 4.69) is 14.8 Å². The van der Waals surface area contributed by atoms with Crippen molar-refractivity contribution in [3.8, 4) is 0 Å². The van der Waals surface area contributed by atoms with Gasteiger partial charge in [-0.1, -0.05) is 24.3 Å². The second kappa shape index (κ2) is 6.12. The molecule has 0 unspecified atom stereocenters. The van der Waals surface area contributed by atoms with Crippen molar-refractivity contribution in [1.29, 1.82) is 0 Å². The van der Waals surface area contributed by atoms with Gasteiger partial charge < -0.3 is 5.73 Å². The summed E-state index contributed by atoms with van der Waals surface area (Å²) < 4.78 is 27.9. The zero-order chi connectivity index (χ0) is 14.6. The first kappa shape index (κ1) is 14.6. The number of aryl methyl sites for hydroxylation is 1. The van der Waals surface area contributed by atoms with Gasteiger partial charge in [0.1, 0.15) is 6.33 Å². The molecule has 1 aromatic heterocycles. The number of sulfonamides is 1. The van der Waals surface area contributed by atoms with Gasteiger partial charge in [0.25, 0.3) is 0 Å². The van der Waals surface area contributed by atoms with E-state index in [1.54, 1.807) is 25.2 Å². The molecule has 0 bridgehead atoms. The van der Waals surface area contributed by atoms with Crippen LogP contribution in [-0.4, -0.2) is 23.2 Å². The van der Waals surface area contributed by atoms with Crippen LogP contribution in [0.15, 0.2) is 30.6 Å². The van der Waals surface area contributed by atoms with Crippen molar-refractivity contribution >= 4 is 10.0 Å². The van der Waals surface area contributed by atoms with Crippen LogP contribution < -0.4 is 10.5 Å². The molecule has 0 atom stereocenters. The summed E-state index contributed by atoms with van der Waals surface area (Å²) in [5.41, 5.74) is 7.15. The average molecular weight is 295 g/mol. The second-order valence-electron chi connectivity index (χ2n) is 4.44. The Labute approximate surface area is 117 Å². The van der Waals surface area contributed by atoms with Crippen molar-refractivity contribution in [2.75, 3.05) is 0 Å². The molecule has 0 fully saturated rings. The number of nitrogens with one attached hydrogen (secondary N) is 1. The van der Waals surface area contributed by atoms with Gasteiger partial charge >= 0.3 is 0 Å². The van der Waals surface area contributed by atoms with Gasteiger partial charge in [0, 0.05) is 13.6 Å². The monoisotopic (exact) mass is 295 g/mol. The maximum atomic E-state index is 12.0. The lowest BCUT2D eigenvalue weighted by Gasteiger charge is -2.06. The number of benzene rings is 1. The molecule has 0 saturated heterocycles. The third-order valence-electron chi connectivity index (χ3n) is 2.68. The minimum absolute atomic E-state index is 0.0831. The minimum Gasteiger partial charge on any atom is -0.326 e. The van der Waals surface area contributed by atoms with E-state index in [9.17, 15) is 8.42 Å². The molecular weight excluding hydrogens is 278 g/mol. The maximum Gasteiger partial charge on any atom is 0.216 e. The molecule has 2 aromatic rings. The van der Waals surface area contributed by atoms with Crippen LogP contribution in [0.4, 0.5) is 0 Å². The van der Waals surface area contributed by atoms with Crippen LogP contribution in [0.2, 0.25) is 0 Å². The standard InChI is InChI=1S/C12H17N5O2S/c1-17-9-14-12(16-17)7-15-20(18,19)8-11-4-2-3-10(5-11)6-13/h2-5,9,15H,6-8,13H2,1H3. The summed E-state index contributed by atoms with van der Waals surface area (Å²) in [6, 6.07) is 7.21. The predicted molar refractivity (Wildman–Crippen MR) is 74.8 cm³/mol. The SMILES string of the molecule is Cn1cnc(CNS(=O)(=O)Cc2cccc(CN)c2)n1. The maximum absolute atomic E-state index is 12.0. The van der Waals surface area contributed by atoms with Crippen LogP contribution in [0, 0.1) is 0 Å². The van der Waals surface area contributed by atoms with E-state index in [1.807, 2.05) is 6.07 Å². The van der Waals surface area contributed by atoms with Crippen molar-refractivity contribution in [3.05, 3.63) is 47.5 Å². The molecule has 0 aliphatic carbocycles. The Hall–Kier alpha value is -1.77. The van der Waals surface area contributed by atoms with Crippen molar-refractivity contribution in [2.45, 2.75) is 18.8 Å². The van der Waals surface area contributed by atoms with Crippen molar-refractivity contribution in [1.82, 2.24) is 19.5 Å². The molecule has 0 aliphatic heterocycles. The Kier molecular flexibility index (Phi) is 4.48. The summed E-state index contributed by atoms with van der Waals surface area (Å²) in [6.45, 7) is 0.471. The van der Waals surface area contributed by atoms with Gasteiger partial charge in [0.15, 0.2) is 5.82 Å². The summed E-state index contributed by atoms with van der Waals surface area (Å²) in [5.74, 6) is 0.347. The molecule has 0 amide bonds. The average Bonchev–Trinajstić information content (AvgIpc) is 2.82. The molecule has 20 heavy (non-hydrogen) atoms. The molecule has 2 rings (SSSR count). The Morgan fingerprint density at radius 1 is 1.35 bits per heavy atom. The minimum atomic E-state index is -3.43. The molecular formula is C12H17N5O2S. The summed E-state index contributed by atoms with van der Waals surface area (Å²) in [6.07, 6.45) is 1.52. The van der Waals surface area contributed by atoms with Crippen molar-refractivity contribution in [2.24, 2.45) is 12.8 Å². The largest absolute Gasteiger partial charge is 0.326 e. The number of hydrogen-bond acceptors (Lipinski definition) is 5. The van der Waals surface area contributed by atoms with Gasteiger partial charge in [0.2, 0.25) is 10.0 Å². The molecule has 0 saturated carbocycles. The highest BCUT2D eigenvalue weighted by Gasteiger charge is 2.12. The van der Waals surface area contributed by atoms with Crippen LogP contribution in [0.25, 0.3) is 0 Å². The van der Waals surface area contributed by atoms with Gasteiger partial charge in [-0.15, -0.1) is 0 Å². The fourth-order valence-electron chi connectivity index (χ4n) is 1.76. The van der Waals surface area contributed by atoms with Crippen molar-refractivity contribution in [3.63, 3.8) is 0 Å². The molecule has 1 heterocycles. The third kappa shape index (κ3) is 4.12. The highest BCUT2D eigenvalue weighted by molar-refractivity contribution is 7.88. The lowest BCUT2D eigenvalue weighted by molar-refractivity contribution is 0.577. The fraction of sp³-hybridized carbons (Fsp3) is 0.333. The molecule has 0 aliphatic rings. The van der Waals surface area contributed by atoms with E-state index in [0.29, 0.717) is 17.9 Å². The van der Waals surface area contributed by atoms with E-state index in [0.717, 1.165) is 5.56 Å². The summed E-state index contributed by atoms with van der Waals surface area (Å²) in [4.78, 5) is 3.96. The molecule has 7 nitrogen and oxygen atoms in total. The lowest BCUT2D eigenvalue weighted by Crippen LogP contribution is -2.25. The molecule has 0 radical (unpaired) electrons. The van der Waals surface area contributed by atoms with E-state index in [-0.39, 0.29) is 12.3 Å². The highest BCUT2D eigenvalue weighted by Crippen LogP contribution is 2.08. The molecule has 0 spiro atoms. The van der Waals surface area contributed by atoms with E-state index in [1.165, 1.54) is 11.0 Å². The van der Waals surface area contributed by atoms with Crippen LogP contribution in [0.1, 0.15) is 17.0 Å². The fourth-order valence-corrected chi connectivity index (χ4v) is 2.83. The van der Waals surface area contributed by atoms with Gasteiger partial charge in [0.05, 0.1) is 12.3 Å². The molecule has 108 valence electrons. The highest BCUT2D eigenvalue weighted by atomic mass is 32.2. The summed E-state index contributed by atoms with van der Waals surface area (Å²) in [7, 11) is -1.70. The van der Waals surface area contributed by atoms with Gasteiger partial charge in [-0.3, -0.25) is 4.68 Å². The number of rotatable bonds is 6. The predicted octanol–water partition coefficient (Wildman–Crippen LogP) is -0.107. The van der Waals surface area contributed by atoms with Crippen LogP contribution >= 0.6 is 0 Å². The number of nitrogens with two attached hydrogens (primary N) is 1. The van der Waals surface area contributed by atoms with Gasteiger partial charge in [-0.25, -0.2) is 18.1 Å². The van der Waals surface area contributed by atoms with Crippen LogP contribution in [0.5, 0.6) is 0 Å². The number of nitrogens with zero attached hydrogens (tertiary/aromatic N) is 3. The smallest absolute Gasteiger partial charge is 0.216 e. The first-order chi connectivity index (χ1) is 9.48. The Morgan fingerprint density at radius 3 is 2.75 bits per heavy atom. The first-order valence-corrected chi connectivity index (χ1v) is 7.73. The normalized spacial score (nSPS) is 11.7. The van der Waals surface area contributed by atoms with Gasteiger partial charge in [-0.2, -0.15) is 5.10 Å². The molecule has 8 heteroatoms. The number of hydrogen-bond donors (Lipinski definition) is 2. The summed E-state index contributed by atoms with van der Waals surface area (Å²) in [5, 5.41) is 4.01. The lowest BCUT2D eigenvalue weighted by atomic mass is 10.1. The van der Waals surface area contributed by atoms with Crippen molar-refractivity contribution < 1.29 is 8.42 Å². The van der Waals surface area contributed by atoms with E-state index in [4.69, 9.17) is 5.73 Å². The Balaban J connectivity index is 1.99. The third-order valence-corrected chi connectivity index (χ3v) is 3.98. The molecule has 1 aromatic carbocycles. The quantitative estimate of drug-likeness (QED) is 0.774. The second-order valence-corrected chi connectivity index (χ2v) is 6.25. The zero-order valence-corrected chi connectivity index (χ0v) is 12.0. The Bertz CT molecular complexity index is 681. The Morgan fingerprint density at radius 2 is 2.10 bits per heavy atom. The van der Waals surface area contributed by atoms with Crippen LogP contribution in [-0.2, 0) is 35.9 Å². The zero-order valence-electron chi connectivity index (χ0n) is 11.2.